The number of rotatable bonds is 3. The maximum Gasteiger partial charge on any atom is 0.308 e. The molecule has 0 aromatic carbocycles. The first kappa shape index (κ1) is 14.4. The molecule has 2 rings (SSSR count). The van der Waals surface area contributed by atoms with Crippen molar-refractivity contribution < 1.29 is 14.7 Å². The summed E-state index contributed by atoms with van der Waals surface area (Å²) in [6, 6.07) is 0. The van der Waals surface area contributed by atoms with Gasteiger partial charge in [0.05, 0.1) is 5.92 Å². The number of carbonyl (C=O) groups is 2. The van der Waals surface area contributed by atoms with E-state index in [1.165, 1.54) is 38.5 Å². The minimum absolute atomic E-state index is 0.179. The lowest BCUT2D eigenvalue weighted by atomic mass is 9.94. The van der Waals surface area contributed by atoms with Gasteiger partial charge in [-0.2, -0.15) is 0 Å². The van der Waals surface area contributed by atoms with E-state index in [1.54, 1.807) is 4.90 Å². The van der Waals surface area contributed by atoms with Crippen molar-refractivity contribution in [1.82, 2.24) is 4.90 Å². The van der Waals surface area contributed by atoms with E-state index in [0.717, 1.165) is 13.0 Å². The van der Waals surface area contributed by atoms with Gasteiger partial charge in [0.2, 0.25) is 5.91 Å². The van der Waals surface area contributed by atoms with Crippen LogP contribution in [-0.2, 0) is 9.59 Å². The van der Waals surface area contributed by atoms with Crippen LogP contribution >= 0.6 is 0 Å². The molecule has 4 heteroatoms. The van der Waals surface area contributed by atoms with Crippen LogP contribution in [0.1, 0.15) is 57.8 Å². The maximum atomic E-state index is 12.3. The lowest BCUT2D eigenvalue weighted by Gasteiger charge is -2.31. The Balaban J connectivity index is 1.83. The van der Waals surface area contributed by atoms with Gasteiger partial charge < -0.3 is 10.0 Å². The summed E-state index contributed by atoms with van der Waals surface area (Å²) in [5, 5.41) is 9.06. The molecule has 19 heavy (non-hydrogen) atoms. The van der Waals surface area contributed by atoms with E-state index in [2.05, 4.69) is 0 Å². The van der Waals surface area contributed by atoms with Crippen LogP contribution in [0.25, 0.3) is 0 Å². The Morgan fingerprint density at radius 3 is 2.32 bits per heavy atom. The standard InChI is InChI=1S/C15H25NO3/c17-14(10-12-6-3-1-2-4-7-12)16-9-5-8-13(11-16)15(18)19/h12-13H,1-11H2,(H,18,19)/t13-/m0/s1. The molecule has 0 bridgehead atoms. The van der Waals surface area contributed by atoms with E-state index in [9.17, 15) is 9.59 Å². The first-order valence-electron chi connectivity index (χ1n) is 7.67. The minimum atomic E-state index is -0.757. The molecular formula is C15H25NO3. The third-order valence-electron chi connectivity index (χ3n) is 4.56. The van der Waals surface area contributed by atoms with Gasteiger partial charge in [0.15, 0.2) is 0 Å². The average Bonchev–Trinajstić information content (AvgIpc) is 2.67. The van der Waals surface area contributed by atoms with Crippen LogP contribution in [0.3, 0.4) is 0 Å². The molecule has 0 spiro atoms. The van der Waals surface area contributed by atoms with Crippen molar-refractivity contribution in [2.45, 2.75) is 57.8 Å². The molecular weight excluding hydrogens is 242 g/mol. The van der Waals surface area contributed by atoms with Crippen LogP contribution in [0.15, 0.2) is 0 Å². The van der Waals surface area contributed by atoms with Gasteiger partial charge in [-0.25, -0.2) is 0 Å². The van der Waals surface area contributed by atoms with E-state index in [-0.39, 0.29) is 11.8 Å². The first-order chi connectivity index (χ1) is 9.16. The number of carbonyl (C=O) groups excluding carboxylic acids is 1. The van der Waals surface area contributed by atoms with Gasteiger partial charge >= 0.3 is 5.97 Å². The Morgan fingerprint density at radius 1 is 1.00 bits per heavy atom. The van der Waals surface area contributed by atoms with Crippen molar-refractivity contribution in [2.24, 2.45) is 11.8 Å². The summed E-state index contributed by atoms with van der Waals surface area (Å²) in [7, 11) is 0. The lowest BCUT2D eigenvalue weighted by molar-refractivity contribution is -0.145. The summed E-state index contributed by atoms with van der Waals surface area (Å²) in [5.74, 6) is -0.406. The second-order valence-corrected chi connectivity index (χ2v) is 6.08. The molecule has 1 aliphatic heterocycles. The van der Waals surface area contributed by atoms with Gasteiger partial charge in [0.1, 0.15) is 0 Å². The molecule has 2 aliphatic rings. The molecule has 1 N–H and O–H groups in total. The van der Waals surface area contributed by atoms with Crippen molar-refractivity contribution in [1.29, 1.82) is 0 Å². The maximum absolute atomic E-state index is 12.3. The second-order valence-electron chi connectivity index (χ2n) is 6.08. The fourth-order valence-electron chi connectivity index (χ4n) is 3.35. The minimum Gasteiger partial charge on any atom is -0.481 e. The largest absolute Gasteiger partial charge is 0.481 e. The number of amides is 1. The highest BCUT2D eigenvalue weighted by molar-refractivity contribution is 5.78. The fraction of sp³-hybridized carbons (Fsp3) is 0.867. The van der Waals surface area contributed by atoms with Crippen LogP contribution in [0.4, 0.5) is 0 Å². The molecule has 0 radical (unpaired) electrons. The molecule has 1 heterocycles. The number of hydrogen-bond donors (Lipinski definition) is 1. The average molecular weight is 267 g/mol. The monoisotopic (exact) mass is 267 g/mol. The number of nitrogens with zero attached hydrogens (tertiary/aromatic N) is 1. The first-order valence-corrected chi connectivity index (χ1v) is 7.67. The molecule has 0 aromatic heterocycles. The van der Waals surface area contributed by atoms with Crippen LogP contribution in [0.2, 0.25) is 0 Å². The quantitative estimate of drug-likeness (QED) is 0.800. The summed E-state index contributed by atoms with van der Waals surface area (Å²) in [5.41, 5.74) is 0. The summed E-state index contributed by atoms with van der Waals surface area (Å²) >= 11 is 0. The molecule has 1 saturated heterocycles. The molecule has 4 nitrogen and oxygen atoms in total. The Bertz CT molecular complexity index is 321. The highest BCUT2D eigenvalue weighted by atomic mass is 16.4. The fourth-order valence-corrected chi connectivity index (χ4v) is 3.35. The zero-order valence-corrected chi connectivity index (χ0v) is 11.6. The van der Waals surface area contributed by atoms with E-state index >= 15 is 0 Å². The van der Waals surface area contributed by atoms with Gasteiger partial charge in [0, 0.05) is 19.5 Å². The lowest BCUT2D eigenvalue weighted by Crippen LogP contribution is -2.42. The Hall–Kier alpha value is -1.06. The summed E-state index contributed by atoms with van der Waals surface area (Å²) in [4.78, 5) is 25.1. The van der Waals surface area contributed by atoms with Crippen molar-refractivity contribution in [3.63, 3.8) is 0 Å². The third kappa shape index (κ3) is 4.22. The zero-order chi connectivity index (χ0) is 13.7. The van der Waals surface area contributed by atoms with Gasteiger partial charge in [-0.3, -0.25) is 9.59 Å². The van der Waals surface area contributed by atoms with Crippen molar-refractivity contribution in [3.8, 4) is 0 Å². The van der Waals surface area contributed by atoms with E-state index < -0.39 is 5.97 Å². The SMILES string of the molecule is O=C(O)[C@H]1CCCN(C(=O)CC2CCCCCC2)C1. The van der Waals surface area contributed by atoms with Gasteiger partial charge in [-0.15, -0.1) is 0 Å². The number of piperidine rings is 1. The zero-order valence-electron chi connectivity index (χ0n) is 11.6. The van der Waals surface area contributed by atoms with Crippen LogP contribution in [0.5, 0.6) is 0 Å². The smallest absolute Gasteiger partial charge is 0.308 e. The number of carboxylic acids is 1. The summed E-state index contributed by atoms with van der Waals surface area (Å²) in [6.45, 7) is 1.16. The van der Waals surface area contributed by atoms with Crippen LogP contribution in [-0.4, -0.2) is 35.0 Å². The predicted octanol–water partition coefficient (Wildman–Crippen LogP) is 2.67. The molecule has 108 valence electrons. The number of carboxylic acid groups (broad SMARTS) is 1. The molecule has 1 aliphatic carbocycles. The highest BCUT2D eigenvalue weighted by Crippen LogP contribution is 2.27. The molecule has 2 fully saturated rings. The van der Waals surface area contributed by atoms with E-state index in [0.29, 0.717) is 25.3 Å². The van der Waals surface area contributed by atoms with Gasteiger partial charge in [-0.1, -0.05) is 25.7 Å². The predicted molar refractivity (Wildman–Crippen MR) is 72.7 cm³/mol. The molecule has 1 saturated carbocycles. The second kappa shape index (κ2) is 6.92. The molecule has 0 unspecified atom stereocenters. The Kier molecular flexibility index (Phi) is 5.23. The van der Waals surface area contributed by atoms with E-state index in [1.807, 2.05) is 0 Å². The highest BCUT2D eigenvalue weighted by Gasteiger charge is 2.29. The third-order valence-corrected chi connectivity index (χ3v) is 4.56. The number of likely N-dealkylation sites (tertiary alicyclic amines) is 1. The molecule has 1 atom stereocenters. The van der Waals surface area contributed by atoms with Crippen molar-refractivity contribution in [3.05, 3.63) is 0 Å². The molecule has 0 aromatic rings. The topological polar surface area (TPSA) is 57.6 Å². The van der Waals surface area contributed by atoms with E-state index in [4.69, 9.17) is 5.11 Å². The molecule has 1 amide bonds. The van der Waals surface area contributed by atoms with Crippen LogP contribution < -0.4 is 0 Å². The van der Waals surface area contributed by atoms with Crippen molar-refractivity contribution >= 4 is 11.9 Å². The van der Waals surface area contributed by atoms with Gasteiger partial charge in [0.25, 0.3) is 0 Å². The summed E-state index contributed by atoms with van der Waals surface area (Å²) < 4.78 is 0. The van der Waals surface area contributed by atoms with Crippen LogP contribution in [0, 0.1) is 11.8 Å². The number of aliphatic carboxylic acids is 1. The Morgan fingerprint density at radius 2 is 1.68 bits per heavy atom. The van der Waals surface area contributed by atoms with Crippen molar-refractivity contribution in [2.75, 3.05) is 13.1 Å². The summed E-state index contributed by atoms with van der Waals surface area (Å²) in [6.07, 6.45) is 9.60. The normalized spacial score (nSPS) is 25.9. The van der Waals surface area contributed by atoms with Gasteiger partial charge in [-0.05, 0) is 31.6 Å². The number of hydrogen-bond acceptors (Lipinski definition) is 2. The Labute approximate surface area is 115 Å².